The van der Waals surface area contributed by atoms with E-state index in [1.807, 2.05) is 27.7 Å². The van der Waals surface area contributed by atoms with Crippen molar-refractivity contribution in [1.82, 2.24) is 10.6 Å². The van der Waals surface area contributed by atoms with Gasteiger partial charge in [0.1, 0.15) is 12.4 Å². The molecule has 0 aromatic rings. The molecule has 0 aliphatic carbocycles. The van der Waals surface area contributed by atoms with E-state index >= 15 is 0 Å². The molecule has 0 fully saturated rings. The van der Waals surface area contributed by atoms with Crippen LogP contribution in [-0.2, 0) is 19.1 Å². The second kappa shape index (κ2) is 9.93. The van der Waals surface area contributed by atoms with Crippen molar-refractivity contribution < 1.29 is 19.1 Å². The van der Waals surface area contributed by atoms with Crippen molar-refractivity contribution >= 4 is 30.8 Å². The molecule has 1 amide bonds. The third-order valence-corrected chi connectivity index (χ3v) is 3.61. The minimum Gasteiger partial charge on any atom is -0.466 e. The fourth-order valence-electron chi connectivity index (χ4n) is 2.13. The number of rotatable bonds is 12. The second-order valence-electron chi connectivity index (χ2n) is 7.06. The molecule has 2 N–H and O–H groups in total. The molecular formula is C16H30N2O4S. The lowest BCUT2D eigenvalue weighted by molar-refractivity contribution is -0.131. The van der Waals surface area contributed by atoms with Crippen LogP contribution in [-0.4, -0.2) is 48.1 Å². The zero-order valence-corrected chi connectivity index (χ0v) is 15.7. The van der Waals surface area contributed by atoms with E-state index in [9.17, 15) is 14.4 Å². The third-order valence-electron chi connectivity index (χ3n) is 3.42. The number of amides is 1. The number of carbonyl (C=O) groups excluding carboxylic acids is 3. The van der Waals surface area contributed by atoms with Crippen LogP contribution in [0.4, 0.5) is 0 Å². The van der Waals surface area contributed by atoms with E-state index in [-0.39, 0.29) is 47.5 Å². The molecule has 1 atom stereocenters. The molecule has 0 heterocycles. The number of thiol groups is 1. The lowest BCUT2D eigenvalue weighted by Gasteiger charge is -2.25. The Bertz CT molecular complexity index is 405. The summed E-state index contributed by atoms with van der Waals surface area (Å²) >= 11 is 4.42. The molecule has 0 rings (SSSR count). The first kappa shape index (κ1) is 21.9. The number of carbonyl (C=O) groups is 3. The molecule has 1 unspecified atom stereocenters. The van der Waals surface area contributed by atoms with Crippen LogP contribution >= 0.6 is 12.6 Å². The minimum absolute atomic E-state index is 0.0368. The average molecular weight is 346 g/mol. The lowest BCUT2D eigenvalue weighted by atomic mass is 9.96. The molecule has 0 aliphatic heterocycles. The van der Waals surface area contributed by atoms with Gasteiger partial charge >= 0.3 is 0 Å². The Kier molecular flexibility index (Phi) is 9.46. The molecule has 0 aliphatic rings. The maximum Gasteiger partial charge on any atom is 0.293 e. The fraction of sp³-hybridized carbons (Fsp3) is 0.812. The van der Waals surface area contributed by atoms with Gasteiger partial charge in [0, 0.05) is 29.5 Å². The Morgan fingerprint density at radius 3 is 2.30 bits per heavy atom. The topological polar surface area (TPSA) is 84.5 Å². The van der Waals surface area contributed by atoms with Crippen molar-refractivity contribution in [3.05, 3.63) is 0 Å². The highest BCUT2D eigenvalue weighted by molar-refractivity contribution is 7.81. The molecule has 23 heavy (non-hydrogen) atoms. The number of ether oxygens (including phenoxy) is 1. The van der Waals surface area contributed by atoms with E-state index in [2.05, 4.69) is 23.3 Å². The third kappa shape index (κ3) is 12.1. The Morgan fingerprint density at radius 2 is 1.83 bits per heavy atom. The summed E-state index contributed by atoms with van der Waals surface area (Å²) in [5.74, 6) is -0.188. The normalized spacial score (nSPS) is 13.3. The molecule has 134 valence electrons. The molecular weight excluding hydrogens is 316 g/mol. The van der Waals surface area contributed by atoms with Crippen LogP contribution in [0.2, 0.25) is 0 Å². The van der Waals surface area contributed by atoms with E-state index in [4.69, 9.17) is 4.74 Å². The van der Waals surface area contributed by atoms with Gasteiger partial charge in [-0.1, -0.05) is 13.8 Å². The number of hydrogen-bond donors (Lipinski definition) is 3. The highest BCUT2D eigenvalue weighted by atomic mass is 32.1. The van der Waals surface area contributed by atoms with Gasteiger partial charge in [0.05, 0.1) is 6.04 Å². The molecule has 0 radical (unpaired) electrons. The molecule has 0 saturated carbocycles. The van der Waals surface area contributed by atoms with Gasteiger partial charge < -0.3 is 15.4 Å². The van der Waals surface area contributed by atoms with Crippen molar-refractivity contribution in [3.8, 4) is 0 Å². The summed E-state index contributed by atoms with van der Waals surface area (Å²) in [4.78, 5) is 34.2. The Morgan fingerprint density at radius 1 is 1.22 bits per heavy atom. The predicted octanol–water partition coefficient (Wildman–Crippen LogP) is 1.48. The summed E-state index contributed by atoms with van der Waals surface area (Å²) < 4.78 is 4.44. The SMILES string of the molecule is CNC(C)(C)CC(=O)CCC(=O)NC(COC=O)CC(C)(C)S. The predicted molar refractivity (Wildman–Crippen MR) is 93.6 cm³/mol. The van der Waals surface area contributed by atoms with E-state index in [1.165, 1.54) is 0 Å². The van der Waals surface area contributed by atoms with E-state index in [1.54, 1.807) is 7.05 Å². The van der Waals surface area contributed by atoms with Gasteiger partial charge in [0.2, 0.25) is 5.91 Å². The second-order valence-corrected chi connectivity index (χ2v) is 8.27. The van der Waals surface area contributed by atoms with Crippen LogP contribution in [0.5, 0.6) is 0 Å². The van der Waals surface area contributed by atoms with Crippen molar-refractivity contribution in [2.24, 2.45) is 0 Å². The summed E-state index contributed by atoms with van der Waals surface area (Å²) in [6.45, 7) is 8.16. The van der Waals surface area contributed by atoms with Crippen LogP contribution in [0, 0.1) is 0 Å². The number of Topliss-reactive ketones (excluding diaryl/α,β-unsaturated/α-hetero) is 1. The standard InChI is InChI=1S/C16H30N2O4S/c1-15(2,17-5)9-13(20)6-7-14(21)18-12(10-22-11-19)8-16(3,4)23/h11-12,17,23H,6-10H2,1-5H3,(H,18,21). The first-order valence-electron chi connectivity index (χ1n) is 7.76. The molecule has 0 aromatic carbocycles. The number of hydrogen-bond acceptors (Lipinski definition) is 6. The zero-order valence-electron chi connectivity index (χ0n) is 14.8. The van der Waals surface area contributed by atoms with Crippen LogP contribution in [0.1, 0.15) is 53.4 Å². The molecule has 0 spiro atoms. The average Bonchev–Trinajstić information content (AvgIpc) is 2.40. The largest absolute Gasteiger partial charge is 0.466 e. The fourth-order valence-corrected chi connectivity index (χ4v) is 2.35. The van der Waals surface area contributed by atoms with E-state index in [0.717, 1.165) is 0 Å². The van der Waals surface area contributed by atoms with Crippen molar-refractivity contribution in [2.45, 2.75) is 69.7 Å². The highest BCUT2D eigenvalue weighted by Crippen LogP contribution is 2.19. The summed E-state index contributed by atoms with van der Waals surface area (Å²) in [5.41, 5.74) is -0.274. The molecule has 0 aromatic heterocycles. The van der Waals surface area contributed by atoms with Gasteiger partial charge in [0.25, 0.3) is 6.47 Å². The van der Waals surface area contributed by atoms with Gasteiger partial charge in [-0.15, -0.1) is 0 Å². The summed E-state index contributed by atoms with van der Waals surface area (Å²) in [5, 5.41) is 5.86. The molecule has 0 saturated heterocycles. The first-order valence-corrected chi connectivity index (χ1v) is 8.21. The lowest BCUT2D eigenvalue weighted by Crippen LogP contribution is -2.42. The van der Waals surface area contributed by atoms with Crippen molar-refractivity contribution in [3.63, 3.8) is 0 Å². The number of nitrogens with one attached hydrogen (secondary N) is 2. The minimum atomic E-state index is -0.316. The Hall–Kier alpha value is -1.08. The van der Waals surface area contributed by atoms with Crippen molar-refractivity contribution in [2.75, 3.05) is 13.7 Å². The van der Waals surface area contributed by atoms with E-state index in [0.29, 0.717) is 19.3 Å². The maximum atomic E-state index is 12.0. The van der Waals surface area contributed by atoms with Gasteiger partial charge in [-0.2, -0.15) is 12.6 Å². The van der Waals surface area contributed by atoms with Crippen LogP contribution in [0.25, 0.3) is 0 Å². The Balaban J connectivity index is 4.36. The summed E-state index contributed by atoms with van der Waals surface area (Å²) in [6.07, 6.45) is 1.25. The van der Waals surface area contributed by atoms with Gasteiger partial charge in [-0.3, -0.25) is 14.4 Å². The van der Waals surface area contributed by atoms with Gasteiger partial charge in [0.15, 0.2) is 0 Å². The van der Waals surface area contributed by atoms with Gasteiger partial charge in [-0.05, 0) is 27.3 Å². The molecule has 0 bridgehead atoms. The monoisotopic (exact) mass is 346 g/mol. The highest BCUT2D eigenvalue weighted by Gasteiger charge is 2.23. The first-order chi connectivity index (χ1) is 10.5. The van der Waals surface area contributed by atoms with Crippen LogP contribution in [0.3, 0.4) is 0 Å². The smallest absolute Gasteiger partial charge is 0.293 e. The van der Waals surface area contributed by atoms with Crippen molar-refractivity contribution in [1.29, 1.82) is 0 Å². The van der Waals surface area contributed by atoms with Crippen LogP contribution < -0.4 is 10.6 Å². The molecule has 6 nitrogen and oxygen atoms in total. The van der Waals surface area contributed by atoms with Gasteiger partial charge in [-0.25, -0.2) is 0 Å². The van der Waals surface area contributed by atoms with E-state index < -0.39 is 0 Å². The quantitative estimate of drug-likeness (QED) is 0.368. The van der Waals surface area contributed by atoms with Crippen LogP contribution in [0.15, 0.2) is 0 Å². The number of ketones is 1. The summed E-state index contributed by atoms with van der Waals surface area (Å²) in [7, 11) is 1.80. The molecule has 7 heteroatoms. The summed E-state index contributed by atoms with van der Waals surface area (Å²) in [6, 6.07) is -0.316. The zero-order chi connectivity index (χ0) is 18.1. The maximum absolute atomic E-state index is 12.0. The Labute approximate surface area is 144 Å².